The fourth-order valence-electron chi connectivity index (χ4n) is 2.11. The molecule has 0 saturated heterocycles. The van der Waals surface area contributed by atoms with E-state index in [0.717, 1.165) is 18.1 Å². The van der Waals surface area contributed by atoms with Crippen LogP contribution in [0.5, 0.6) is 0 Å². The number of hydrogen-bond donors (Lipinski definition) is 1. The lowest BCUT2D eigenvalue weighted by molar-refractivity contribution is 0.0949. The van der Waals surface area contributed by atoms with Crippen LogP contribution in [-0.2, 0) is 24.8 Å². The van der Waals surface area contributed by atoms with E-state index in [1.165, 1.54) is 0 Å². The van der Waals surface area contributed by atoms with Gasteiger partial charge in [0, 0.05) is 51.8 Å². The van der Waals surface area contributed by atoms with E-state index in [-0.39, 0.29) is 5.91 Å². The average molecular weight is 291 g/mol. The van der Waals surface area contributed by atoms with Gasteiger partial charge in [0.25, 0.3) is 5.91 Å². The van der Waals surface area contributed by atoms with E-state index < -0.39 is 0 Å². The largest absolute Gasteiger partial charge is 0.383 e. The van der Waals surface area contributed by atoms with Crippen molar-refractivity contribution in [3.63, 3.8) is 0 Å². The minimum absolute atomic E-state index is 0.165. The molecule has 7 nitrogen and oxygen atoms in total. The van der Waals surface area contributed by atoms with Gasteiger partial charge in [0.05, 0.1) is 12.9 Å². The molecule has 2 heterocycles. The molecule has 0 aromatic carbocycles. The van der Waals surface area contributed by atoms with Gasteiger partial charge in [0.2, 0.25) is 0 Å². The van der Waals surface area contributed by atoms with Crippen molar-refractivity contribution in [3.05, 3.63) is 35.9 Å². The molecule has 7 heteroatoms. The number of carbonyl (C=O) groups excluding carboxylic acids is 1. The number of nitrogens with one attached hydrogen (secondary N) is 1. The number of imidazole rings is 2. The SMILES string of the molecule is COCCn1c(C)cnc1CCNC(=O)c1cn(C)cn1. The van der Waals surface area contributed by atoms with Gasteiger partial charge in [0.1, 0.15) is 11.5 Å². The lowest BCUT2D eigenvalue weighted by Gasteiger charge is -2.09. The zero-order chi connectivity index (χ0) is 15.2. The van der Waals surface area contributed by atoms with Crippen LogP contribution in [-0.4, -0.2) is 45.3 Å². The number of carbonyl (C=O) groups is 1. The van der Waals surface area contributed by atoms with E-state index in [0.29, 0.717) is 25.3 Å². The van der Waals surface area contributed by atoms with Gasteiger partial charge < -0.3 is 19.2 Å². The maximum atomic E-state index is 11.9. The zero-order valence-corrected chi connectivity index (χ0v) is 12.7. The average Bonchev–Trinajstić information content (AvgIpc) is 3.04. The molecule has 0 bridgehead atoms. The lowest BCUT2D eigenvalue weighted by Crippen LogP contribution is -2.27. The second-order valence-electron chi connectivity index (χ2n) is 4.89. The molecule has 0 fully saturated rings. The van der Waals surface area contributed by atoms with Crippen molar-refractivity contribution < 1.29 is 9.53 Å². The summed E-state index contributed by atoms with van der Waals surface area (Å²) in [5.41, 5.74) is 1.52. The zero-order valence-electron chi connectivity index (χ0n) is 12.7. The van der Waals surface area contributed by atoms with Gasteiger partial charge in [-0.25, -0.2) is 9.97 Å². The smallest absolute Gasteiger partial charge is 0.271 e. The molecular formula is C14H21N5O2. The van der Waals surface area contributed by atoms with Crippen LogP contribution >= 0.6 is 0 Å². The predicted molar refractivity (Wildman–Crippen MR) is 78.1 cm³/mol. The minimum Gasteiger partial charge on any atom is -0.383 e. The molecule has 0 atom stereocenters. The monoisotopic (exact) mass is 291 g/mol. The first-order valence-electron chi connectivity index (χ1n) is 6.88. The van der Waals surface area contributed by atoms with Gasteiger partial charge in [-0.2, -0.15) is 0 Å². The molecule has 1 N–H and O–H groups in total. The summed E-state index contributed by atoms with van der Waals surface area (Å²) in [7, 11) is 3.51. The summed E-state index contributed by atoms with van der Waals surface area (Å²) in [6.07, 6.45) is 5.82. The molecule has 0 saturated carbocycles. The Bertz CT molecular complexity index is 602. The third kappa shape index (κ3) is 3.91. The van der Waals surface area contributed by atoms with E-state index in [1.807, 2.05) is 20.2 Å². The van der Waals surface area contributed by atoms with E-state index >= 15 is 0 Å². The summed E-state index contributed by atoms with van der Waals surface area (Å²) in [4.78, 5) is 20.3. The van der Waals surface area contributed by atoms with Crippen LogP contribution < -0.4 is 5.32 Å². The summed E-state index contributed by atoms with van der Waals surface area (Å²) in [6, 6.07) is 0. The number of hydrogen-bond acceptors (Lipinski definition) is 4. The summed E-state index contributed by atoms with van der Waals surface area (Å²) in [6.45, 7) is 3.95. The highest BCUT2D eigenvalue weighted by Crippen LogP contribution is 2.05. The molecule has 2 aromatic heterocycles. The van der Waals surface area contributed by atoms with Crippen LogP contribution in [0.1, 0.15) is 22.0 Å². The van der Waals surface area contributed by atoms with Gasteiger partial charge in [-0.3, -0.25) is 4.79 Å². The molecule has 0 spiro atoms. The van der Waals surface area contributed by atoms with Crippen molar-refractivity contribution in [2.45, 2.75) is 19.9 Å². The maximum Gasteiger partial charge on any atom is 0.271 e. The molecule has 0 aliphatic rings. The second-order valence-corrected chi connectivity index (χ2v) is 4.89. The number of amides is 1. The number of aromatic nitrogens is 4. The predicted octanol–water partition coefficient (Wildman–Crippen LogP) is 0.544. The van der Waals surface area contributed by atoms with Crippen LogP contribution in [0.4, 0.5) is 0 Å². The van der Waals surface area contributed by atoms with Crippen LogP contribution in [0.25, 0.3) is 0 Å². The molecule has 21 heavy (non-hydrogen) atoms. The van der Waals surface area contributed by atoms with Crippen molar-refractivity contribution in [1.29, 1.82) is 0 Å². The van der Waals surface area contributed by atoms with Crippen molar-refractivity contribution in [1.82, 2.24) is 24.4 Å². The van der Waals surface area contributed by atoms with Gasteiger partial charge in [-0.1, -0.05) is 0 Å². The van der Waals surface area contributed by atoms with Gasteiger partial charge >= 0.3 is 0 Å². The fraction of sp³-hybridized carbons (Fsp3) is 0.500. The Hall–Kier alpha value is -2.15. The number of methoxy groups -OCH3 is 1. The number of aryl methyl sites for hydroxylation is 2. The highest BCUT2D eigenvalue weighted by Gasteiger charge is 2.10. The van der Waals surface area contributed by atoms with E-state index in [4.69, 9.17) is 4.74 Å². The maximum absolute atomic E-state index is 11.9. The fourth-order valence-corrected chi connectivity index (χ4v) is 2.11. The van der Waals surface area contributed by atoms with E-state index in [9.17, 15) is 4.79 Å². The van der Waals surface area contributed by atoms with Gasteiger partial charge in [0.15, 0.2) is 0 Å². The first kappa shape index (κ1) is 15.2. The second kappa shape index (κ2) is 7.03. The first-order chi connectivity index (χ1) is 10.1. The number of nitrogens with zero attached hydrogens (tertiary/aromatic N) is 4. The Morgan fingerprint density at radius 2 is 2.24 bits per heavy atom. The Morgan fingerprint density at radius 1 is 1.43 bits per heavy atom. The molecular weight excluding hydrogens is 270 g/mol. The summed E-state index contributed by atoms with van der Waals surface area (Å²) in [5, 5.41) is 2.85. The normalized spacial score (nSPS) is 10.8. The van der Waals surface area contributed by atoms with Crippen molar-refractivity contribution in [3.8, 4) is 0 Å². The molecule has 0 aliphatic carbocycles. The van der Waals surface area contributed by atoms with Crippen molar-refractivity contribution in [2.24, 2.45) is 7.05 Å². The Balaban J connectivity index is 1.87. The third-order valence-electron chi connectivity index (χ3n) is 3.23. The molecule has 0 radical (unpaired) electrons. The summed E-state index contributed by atoms with van der Waals surface area (Å²) >= 11 is 0. The van der Waals surface area contributed by atoms with Gasteiger partial charge in [-0.15, -0.1) is 0 Å². The minimum atomic E-state index is -0.165. The van der Waals surface area contributed by atoms with Crippen LogP contribution in [0, 0.1) is 6.92 Å². The quantitative estimate of drug-likeness (QED) is 0.808. The summed E-state index contributed by atoms with van der Waals surface area (Å²) in [5.74, 6) is 0.785. The van der Waals surface area contributed by atoms with Gasteiger partial charge in [-0.05, 0) is 6.92 Å². The molecule has 0 aliphatic heterocycles. The molecule has 2 rings (SSSR count). The first-order valence-corrected chi connectivity index (χ1v) is 6.88. The van der Waals surface area contributed by atoms with Crippen molar-refractivity contribution >= 4 is 5.91 Å². The Labute approximate surface area is 124 Å². The number of rotatable bonds is 7. The van der Waals surface area contributed by atoms with Crippen LogP contribution in [0.15, 0.2) is 18.7 Å². The lowest BCUT2D eigenvalue weighted by atomic mass is 10.3. The van der Waals surface area contributed by atoms with Crippen molar-refractivity contribution in [2.75, 3.05) is 20.3 Å². The number of ether oxygens (including phenoxy) is 1. The Morgan fingerprint density at radius 3 is 2.90 bits per heavy atom. The third-order valence-corrected chi connectivity index (χ3v) is 3.23. The topological polar surface area (TPSA) is 74.0 Å². The summed E-state index contributed by atoms with van der Waals surface area (Å²) < 4.78 is 8.95. The standard InChI is InChI=1S/C14H21N5O2/c1-11-8-16-13(19(11)6-7-21-3)4-5-15-14(20)12-9-18(2)10-17-12/h8-10H,4-7H2,1-3H3,(H,15,20). The molecule has 1 amide bonds. The Kier molecular flexibility index (Phi) is 5.10. The molecule has 0 unspecified atom stereocenters. The van der Waals surface area contributed by atoms with Crippen LogP contribution in [0.2, 0.25) is 0 Å². The van der Waals surface area contributed by atoms with E-state index in [2.05, 4.69) is 19.9 Å². The van der Waals surface area contributed by atoms with E-state index in [1.54, 1.807) is 24.2 Å². The molecule has 114 valence electrons. The van der Waals surface area contributed by atoms with Crippen LogP contribution in [0.3, 0.4) is 0 Å². The highest BCUT2D eigenvalue weighted by atomic mass is 16.5. The molecule has 2 aromatic rings. The highest BCUT2D eigenvalue weighted by molar-refractivity contribution is 5.91.